The summed E-state index contributed by atoms with van der Waals surface area (Å²) in [6.07, 6.45) is 8.05. The first kappa shape index (κ1) is 21.5. The highest BCUT2D eigenvalue weighted by Crippen LogP contribution is 2.46. The van der Waals surface area contributed by atoms with Crippen LogP contribution in [-0.4, -0.2) is 38.9 Å². The summed E-state index contributed by atoms with van der Waals surface area (Å²) in [4.78, 5) is 6.53. The van der Waals surface area contributed by atoms with E-state index in [1.807, 2.05) is 0 Å². The van der Waals surface area contributed by atoms with Crippen molar-refractivity contribution in [3.63, 3.8) is 0 Å². The lowest BCUT2D eigenvalue weighted by Gasteiger charge is -2.33. The van der Waals surface area contributed by atoms with Gasteiger partial charge < -0.3 is 9.64 Å². The Hall–Kier alpha value is -2.31. The van der Waals surface area contributed by atoms with Gasteiger partial charge in [-0.05, 0) is 24.5 Å². The van der Waals surface area contributed by atoms with Gasteiger partial charge in [0.25, 0.3) is 0 Å². The number of ether oxygens (including phenoxy) is 1. The Morgan fingerprint density at radius 1 is 1.03 bits per heavy atom. The molecule has 3 aromatic rings. The molecule has 1 aromatic carbocycles. The second-order valence-electron chi connectivity index (χ2n) is 8.78. The molecule has 1 aliphatic carbocycles. The topological polar surface area (TPSA) is 56.1 Å². The lowest BCUT2D eigenvalue weighted by molar-refractivity contribution is 0.163. The van der Waals surface area contributed by atoms with E-state index in [4.69, 9.17) is 33.0 Å². The first-order valence-corrected chi connectivity index (χ1v) is 12.0. The number of hydrogen-bond donors (Lipinski definition) is 0. The molecule has 1 saturated heterocycles. The summed E-state index contributed by atoms with van der Waals surface area (Å²) in [7, 11) is 2.10. The molecule has 168 valence electrons. The van der Waals surface area contributed by atoms with Crippen molar-refractivity contribution >= 4 is 29.2 Å². The summed E-state index contributed by atoms with van der Waals surface area (Å²) in [6, 6.07) is 12.5. The maximum Gasteiger partial charge on any atom is 0.232 e. The van der Waals surface area contributed by atoms with Crippen LogP contribution in [-0.2, 0) is 12.5 Å². The third-order valence-corrected chi connectivity index (χ3v) is 7.32. The quantitative estimate of drug-likeness (QED) is 0.496. The summed E-state index contributed by atoms with van der Waals surface area (Å²) < 4.78 is 8.25. The maximum absolute atomic E-state index is 6.22. The fourth-order valence-electron chi connectivity index (χ4n) is 5.21. The number of benzene rings is 1. The lowest BCUT2D eigenvalue weighted by atomic mass is 9.78. The summed E-state index contributed by atoms with van der Waals surface area (Å²) in [5.41, 5.74) is 1.30. The molecule has 0 unspecified atom stereocenters. The summed E-state index contributed by atoms with van der Waals surface area (Å²) >= 11 is 12.2. The van der Waals surface area contributed by atoms with Gasteiger partial charge in [0.05, 0.1) is 10.4 Å². The molecule has 1 saturated carbocycles. The van der Waals surface area contributed by atoms with E-state index >= 15 is 0 Å². The zero-order valence-electron chi connectivity index (χ0n) is 18.2. The minimum atomic E-state index is -0.0420. The van der Waals surface area contributed by atoms with Crippen molar-refractivity contribution < 1.29 is 4.74 Å². The van der Waals surface area contributed by atoms with Crippen LogP contribution in [0, 0.1) is 0 Å². The highest BCUT2D eigenvalue weighted by atomic mass is 35.5. The molecule has 32 heavy (non-hydrogen) atoms. The molecule has 3 heterocycles. The van der Waals surface area contributed by atoms with E-state index in [0.717, 1.165) is 50.5 Å². The zero-order chi connectivity index (χ0) is 22.1. The minimum absolute atomic E-state index is 0.0420. The maximum atomic E-state index is 6.22. The highest BCUT2D eigenvalue weighted by Gasteiger charge is 2.42. The van der Waals surface area contributed by atoms with Crippen LogP contribution in [0.5, 0.6) is 5.88 Å². The van der Waals surface area contributed by atoms with E-state index in [2.05, 4.69) is 56.9 Å². The number of nitrogens with zero attached hydrogens (tertiary/aromatic N) is 5. The molecular formula is C24H27Cl2N5O. The Labute approximate surface area is 198 Å². The normalized spacial score (nSPS) is 18.8. The van der Waals surface area contributed by atoms with Gasteiger partial charge in [0.1, 0.15) is 17.0 Å². The zero-order valence-corrected chi connectivity index (χ0v) is 19.7. The first-order valence-electron chi connectivity index (χ1n) is 11.2. The Kier molecular flexibility index (Phi) is 5.99. The van der Waals surface area contributed by atoms with Crippen molar-refractivity contribution in [2.75, 3.05) is 18.0 Å². The summed E-state index contributed by atoms with van der Waals surface area (Å²) in [5, 5.41) is 10.3. The van der Waals surface area contributed by atoms with Gasteiger partial charge in [-0.15, -0.1) is 10.2 Å². The lowest BCUT2D eigenvalue weighted by Crippen LogP contribution is -2.40. The Morgan fingerprint density at radius 2 is 1.75 bits per heavy atom. The smallest absolute Gasteiger partial charge is 0.232 e. The van der Waals surface area contributed by atoms with E-state index < -0.39 is 0 Å². The standard InChI is InChI=1S/C24H27Cl2N5O/c1-30-22(24(11-5-6-12-24)17-7-3-2-4-8-17)28-29-23(30)31-13-9-19(10-14-31)32-21-20(26)15-18(25)16-27-21/h2-4,7-8,15-16,19H,5-6,9-14H2,1H3. The van der Waals surface area contributed by atoms with Crippen LogP contribution in [0.25, 0.3) is 0 Å². The van der Waals surface area contributed by atoms with E-state index in [9.17, 15) is 0 Å². The van der Waals surface area contributed by atoms with Gasteiger partial charge in [-0.1, -0.05) is 66.4 Å². The van der Waals surface area contributed by atoms with Crippen molar-refractivity contribution in [3.05, 3.63) is 64.0 Å². The van der Waals surface area contributed by atoms with Crippen molar-refractivity contribution in [2.24, 2.45) is 7.05 Å². The highest BCUT2D eigenvalue weighted by molar-refractivity contribution is 6.35. The molecular weight excluding hydrogens is 445 g/mol. The van der Waals surface area contributed by atoms with Crippen LogP contribution >= 0.6 is 23.2 Å². The van der Waals surface area contributed by atoms with Gasteiger partial charge in [0.2, 0.25) is 11.8 Å². The van der Waals surface area contributed by atoms with Gasteiger partial charge in [-0.2, -0.15) is 0 Å². The Balaban J connectivity index is 1.31. The number of anilines is 1. The molecule has 0 bridgehead atoms. The molecule has 0 amide bonds. The molecule has 5 rings (SSSR count). The molecule has 6 nitrogen and oxygen atoms in total. The SMILES string of the molecule is Cn1c(N2CCC(Oc3ncc(Cl)cc3Cl)CC2)nnc1C1(c2ccccc2)CCCC1. The predicted octanol–water partition coefficient (Wildman–Crippen LogP) is 5.42. The van der Waals surface area contributed by atoms with Gasteiger partial charge in [0.15, 0.2) is 0 Å². The van der Waals surface area contributed by atoms with Crippen molar-refractivity contribution in [3.8, 4) is 5.88 Å². The number of rotatable bonds is 5. The monoisotopic (exact) mass is 471 g/mol. The minimum Gasteiger partial charge on any atom is -0.473 e. The fourth-order valence-corrected chi connectivity index (χ4v) is 5.64. The molecule has 0 radical (unpaired) electrons. The third-order valence-electron chi connectivity index (χ3n) is 6.84. The number of halogens is 2. The predicted molar refractivity (Wildman–Crippen MR) is 127 cm³/mol. The van der Waals surface area contributed by atoms with E-state index in [0.29, 0.717) is 15.9 Å². The van der Waals surface area contributed by atoms with E-state index in [-0.39, 0.29) is 11.5 Å². The van der Waals surface area contributed by atoms with Crippen LogP contribution < -0.4 is 9.64 Å². The van der Waals surface area contributed by atoms with Crippen molar-refractivity contribution in [1.82, 2.24) is 19.7 Å². The Morgan fingerprint density at radius 3 is 2.44 bits per heavy atom. The van der Waals surface area contributed by atoms with Gasteiger partial charge in [-0.3, -0.25) is 4.57 Å². The molecule has 0 spiro atoms. The number of aromatic nitrogens is 4. The summed E-state index contributed by atoms with van der Waals surface area (Å²) in [6.45, 7) is 1.69. The number of pyridine rings is 1. The molecule has 1 aliphatic heterocycles. The molecule has 2 aromatic heterocycles. The fraction of sp³-hybridized carbons (Fsp3) is 0.458. The van der Waals surface area contributed by atoms with Crippen LogP contribution in [0.15, 0.2) is 42.6 Å². The number of hydrogen-bond acceptors (Lipinski definition) is 5. The van der Waals surface area contributed by atoms with Gasteiger partial charge in [-0.25, -0.2) is 4.98 Å². The van der Waals surface area contributed by atoms with Crippen molar-refractivity contribution in [1.29, 1.82) is 0 Å². The molecule has 2 aliphatic rings. The molecule has 8 heteroatoms. The average Bonchev–Trinajstić information content (AvgIpc) is 3.45. The van der Waals surface area contributed by atoms with E-state index in [1.54, 1.807) is 12.3 Å². The van der Waals surface area contributed by atoms with Gasteiger partial charge >= 0.3 is 0 Å². The van der Waals surface area contributed by atoms with Crippen LogP contribution in [0.4, 0.5) is 5.95 Å². The third kappa shape index (κ3) is 3.95. The van der Waals surface area contributed by atoms with Crippen molar-refractivity contribution in [2.45, 2.75) is 50.0 Å². The molecule has 0 N–H and O–H groups in total. The first-order chi connectivity index (χ1) is 15.6. The largest absolute Gasteiger partial charge is 0.473 e. The van der Waals surface area contributed by atoms with Crippen LogP contribution in [0.2, 0.25) is 10.0 Å². The Bertz CT molecular complexity index is 1070. The average molecular weight is 472 g/mol. The van der Waals surface area contributed by atoms with Crippen LogP contribution in [0.3, 0.4) is 0 Å². The number of piperidine rings is 1. The summed E-state index contributed by atoms with van der Waals surface area (Å²) in [5.74, 6) is 2.46. The van der Waals surface area contributed by atoms with Crippen LogP contribution in [0.1, 0.15) is 49.9 Å². The molecule has 0 atom stereocenters. The molecule has 2 fully saturated rings. The second kappa shape index (κ2) is 8.91. The second-order valence-corrected chi connectivity index (χ2v) is 9.63. The van der Waals surface area contributed by atoms with E-state index in [1.165, 1.54) is 18.4 Å². The van der Waals surface area contributed by atoms with Gasteiger partial charge in [0, 0.05) is 39.2 Å².